The number of amides is 1. The molecule has 0 saturated carbocycles. The van der Waals surface area contributed by atoms with Crippen molar-refractivity contribution in [2.75, 3.05) is 45.7 Å². The third-order valence-electron chi connectivity index (χ3n) is 6.07. The van der Waals surface area contributed by atoms with Gasteiger partial charge in [-0.15, -0.1) is 0 Å². The average Bonchev–Trinajstić information content (AvgIpc) is 3.04. The number of carbonyl (C=O) groups is 1. The second-order valence-electron chi connectivity index (χ2n) is 8.50. The molecule has 6 heteroatoms. The minimum atomic E-state index is -0.158. The van der Waals surface area contributed by atoms with Crippen molar-refractivity contribution in [2.45, 2.75) is 13.0 Å². The van der Waals surface area contributed by atoms with Crippen LogP contribution in [0.2, 0.25) is 5.02 Å². The first-order valence-electron chi connectivity index (χ1n) is 11.3. The first kappa shape index (κ1) is 23.3. The van der Waals surface area contributed by atoms with E-state index < -0.39 is 0 Å². The molecule has 3 aromatic rings. The summed E-state index contributed by atoms with van der Waals surface area (Å²) in [6.45, 7) is 5.27. The molecule has 1 fully saturated rings. The van der Waals surface area contributed by atoms with Gasteiger partial charge in [0.15, 0.2) is 0 Å². The van der Waals surface area contributed by atoms with Crippen molar-refractivity contribution < 1.29 is 9.53 Å². The lowest BCUT2D eigenvalue weighted by atomic mass is 10.0. The number of carbonyl (C=O) groups excluding carboxylic acids is 1. The monoisotopic (exact) mass is 463 g/mol. The van der Waals surface area contributed by atoms with E-state index in [4.69, 9.17) is 16.3 Å². The lowest BCUT2D eigenvalue weighted by Gasteiger charge is -2.22. The minimum absolute atomic E-state index is 0.158. The van der Waals surface area contributed by atoms with Gasteiger partial charge >= 0.3 is 0 Å². The smallest absolute Gasteiger partial charge is 0.255 e. The summed E-state index contributed by atoms with van der Waals surface area (Å²) in [4.78, 5) is 17.3. The van der Waals surface area contributed by atoms with Crippen LogP contribution in [0.5, 0.6) is 5.75 Å². The van der Waals surface area contributed by atoms with Crippen LogP contribution in [0, 0.1) is 0 Å². The molecule has 5 nitrogen and oxygen atoms in total. The number of hydrogen-bond acceptors (Lipinski definition) is 4. The third kappa shape index (κ3) is 6.14. The van der Waals surface area contributed by atoms with Crippen LogP contribution in [0.1, 0.15) is 22.3 Å². The first-order chi connectivity index (χ1) is 16.0. The second-order valence-corrected chi connectivity index (χ2v) is 8.93. The van der Waals surface area contributed by atoms with Gasteiger partial charge in [0.2, 0.25) is 0 Å². The summed E-state index contributed by atoms with van der Waals surface area (Å²) >= 11 is 5.91. The average molecular weight is 464 g/mol. The number of likely N-dealkylation sites (N-methyl/N-ethyl adjacent to an activating group) is 1. The zero-order valence-corrected chi connectivity index (χ0v) is 19.9. The van der Waals surface area contributed by atoms with Crippen molar-refractivity contribution in [3.8, 4) is 16.9 Å². The predicted octanol–water partition coefficient (Wildman–Crippen LogP) is 5.41. The fourth-order valence-corrected chi connectivity index (χ4v) is 4.26. The Morgan fingerprint density at radius 3 is 2.39 bits per heavy atom. The number of halogens is 1. The molecular weight excluding hydrogens is 434 g/mol. The van der Waals surface area contributed by atoms with Crippen LogP contribution in [0.15, 0.2) is 66.7 Å². The number of hydrogen-bond donors (Lipinski definition) is 1. The number of methoxy groups -OCH3 is 1. The lowest BCUT2D eigenvalue weighted by molar-refractivity contribution is 0.102. The maximum Gasteiger partial charge on any atom is 0.255 e. The highest BCUT2D eigenvalue weighted by atomic mass is 35.5. The van der Waals surface area contributed by atoms with Gasteiger partial charge in [0.05, 0.1) is 7.11 Å². The molecule has 1 N–H and O–H groups in total. The number of ether oxygens (including phenoxy) is 1. The summed E-state index contributed by atoms with van der Waals surface area (Å²) in [6.07, 6.45) is 1.18. The summed E-state index contributed by atoms with van der Waals surface area (Å²) in [6, 6.07) is 21.1. The Morgan fingerprint density at radius 2 is 1.67 bits per heavy atom. The Kier molecular flexibility index (Phi) is 7.65. The molecule has 0 radical (unpaired) electrons. The molecule has 1 amide bonds. The molecule has 0 aliphatic carbocycles. The molecule has 0 bridgehead atoms. The molecule has 1 saturated heterocycles. The SMILES string of the molecule is COc1ccc(-c2ccc(NC(=O)c3ccc(Cl)cc3)cc2)cc1CN1CCCN(C)CC1. The van der Waals surface area contributed by atoms with Crippen molar-refractivity contribution in [2.24, 2.45) is 0 Å². The van der Waals surface area contributed by atoms with E-state index in [0.29, 0.717) is 10.6 Å². The summed E-state index contributed by atoms with van der Waals surface area (Å²) in [5.74, 6) is 0.762. The van der Waals surface area contributed by atoms with Gasteiger partial charge in [-0.3, -0.25) is 9.69 Å². The Hall–Kier alpha value is -2.86. The van der Waals surface area contributed by atoms with Crippen molar-refractivity contribution in [3.63, 3.8) is 0 Å². The van der Waals surface area contributed by atoms with E-state index in [0.717, 1.165) is 55.3 Å². The minimum Gasteiger partial charge on any atom is -0.496 e. The van der Waals surface area contributed by atoms with Crippen LogP contribution in [-0.4, -0.2) is 56.0 Å². The molecule has 1 aliphatic rings. The highest BCUT2D eigenvalue weighted by Gasteiger charge is 2.15. The number of nitrogens with zero attached hydrogens (tertiary/aromatic N) is 2. The van der Waals surface area contributed by atoms with E-state index >= 15 is 0 Å². The second kappa shape index (κ2) is 10.8. The summed E-state index contributed by atoms with van der Waals surface area (Å²) < 4.78 is 5.65. The largest absolute Gasteiger partial charge is 0.496 e. The molecule has 3 aromatic carbocycles. The van der Waals surface area contributed by atoms with E-state index in [9.17, 15) is 4.79 Å². The molecule has 33 heavy (non-hydrogen) atoms. The molecule has 1 heterocycles. The molecular formula is C27H30ClN3O2. The molecule has 0 atom stereocenters. The fraction of sp³-hybridized carbons (Fsp3) is 0.296. The van der Waals surface area contributed by atoms with Gasteiger partial charge in [0.25, 0.3) is 5.91 Å². The van der Waals surface area contributed by atoms with Crippen LogP contribution >= 0.6 is 11.6 Å². The summed E-state index contributed by atoms with van der Waals surface area (Å²) in [5.41, 5.74) is 4.75. The molecule has 4 rings (SSSR count). The Labute approximate surface area is 200 Å². The topological polar surface area (TPSA) is 44.8 Å². The van der Waals surface area contributed by atoms with Crippen molar-refractivity contribution in [3.05, 3.63) is 82.9 Å². The molecule has 1 aliphatic heterocycles. The van der Waals surface area contributed by atoms with Crippen LogP contribution in [-0.2, 0) is 6.54 Å². The number of rotatable bonds is 6. The van der Waals surface area contributed by atoms with Crippen molar-refractivity contribution >= 4 is 23.2 Å². The van der Waals surface area contributed by atoms with Gasteiger partial charge in [0.1, 0.15) is 5.75 Å². The highest BCUT2D eigenvalue weighted by Crippen LogP contribution is 2.29. The predicted molar refractivity (Wildman–Crippen MR) is 135 cm³/mol. The van der Waals surface area contributed by atoms with E-state index in [1.165, 1.54) is 12.0 Å². The Morgan fingerprint density at radius 1 is 0.939 bits per heavy atom. The van der Waals surface area contributed by atoms with E-state index in [2.05, 4.69) is 34.3 Å². The van der Waals surface area contributed by atoms with Crippen LogP contribution in [0.4, 0.5) is 5.69 Å². The number of anilines is 1. The van der Waals surface area contributed by atoms with E-state index in [1.807, 2.05) is 30.3 Å². The maximum atomic E-state index is 12.5. The van der Waals surface area contributed by atoms with Gasteiger partial charge in [-0.1, -0.05) is 29.8 Å². The van der Waals surface area contributed by atoms with E-state index in [-0.39, 0.29) is 5.91 Å². The van der Waals surface area contributed by atoms with Gasteiger partial charge in [0, 0.05) is 41.5 Å². The standard InChI is InChI=1S/C27H30ClN3O2/c1-30-14-3-15-31(17-16-30)19-23-18-22(8-13-26(23)33-2)20-6-11-25(12-7-20)29-27(32)21-4-9-24(28)10-5-21/h4-13,18H,3,14-17,19H2,1-2H3,(H,29,32). The Bertz CT molecular complexity index is 1080. The fourth-order valence-electron chi connectivity index (χ4n) is 4.13. The van der Waals surface area contributed by atoms with Crippen LogP contribution < -0.4 is 10.1 Å². The van der Waals surface area contributed by atoms with Gasteiger partial charge in [-0.25, -0.2) is 0 Å². The summed E-state index contributed by atoms with van der Waals surface area (Å²) in [5, 5.41) is 3.55. The van der Waals surface area contributed by atoms with Crippen molar-refractivity contribution in [1.82, 2.24) is 9.80 Å². The normalized spacial score (nSPS) is 15.1. The van der Waals surface area contributed by atoms with Gasteiger partial charge in [-0.05, 0) is 86.2 Å². The first-order valence-corrected chi connectivity index (χ1v) is 11.6. The van der Waals surface area contributed by atoms with Gasteiger partial charge < -0.3 is 15.0 Å². The third-order valence-corrected chi connectivity index (χ3v) is 6.32. The van der Waals surface area contributed by atoms with Crippen molar-refractivity contribution in [1.29, 1.82) is 0 Å². The highest BCUT2D eigenvalue weighted by molar-refractivity contribution is 6.30. The number of nitrogens with one attached hydrogen (secondary N) is 1. The quantitative estimate of drug-likeness (QED) is 0.531. The van der Waals surface area contributed by atoms with Crippen LogP contribution in [0.25, 0.3) is 11.1 Å². The van der Waals surface area contributed by atoms with Gasteiger partial charge in [-0.2, -0.15) is 0 Å². The lowest BCUT2D eigenvalue weighted by Crippen LogP contribution is -2.28. The zero-order chi connectivity index (χ0) is 23.2. The number of benzene rings is 3. The molecule has 0 aromatic heterocycles. The van der Waals surface area contributed by atoms with Crippen LogP contribution in [0.3, 0.4) is 0 Å². The summed E-state index contributed by atoms with van der Waals surface area (Å²) in [7, 11) is 3.92. The van der Waals surface area contributed by atoms with E-state index in [1.54, 1.807) is 31.4 Å². The zero-order valence-electron chi connectivity index (χ0n) is 19.2. The molecule has 0 spiro atoms. The maximum absolute atomic E-state index is 12.5. The molecule has 172 valence electrons. The molecule has 0 unspecified atom stereocenters. The Balaban J connectivity index is 1.47.